The van der Waals surface area contributed by atoms with Crippen LogP contribution in [0.15, 0.2) is 53.1 Å². The maximum atomic E-state index is 6.01. The van der Waals surface area contributed by atoms with Gasteiger partial charge in [0, 0.05) is 6.61 Å². The lowest BCUT2D eigenvalue weighted by atomic mass is 9.93. The van der Waals surface area contributed by atoms with Gasteiger partial charge in [-0.25, -0.2) is 0 Å². The first-order valence-electron chi connectivity index (χ1n) is 8.76. The summed E-state index contributed by atoms with van der Waals surface area (Å²) in [6.07, 6.45) is 9.12. The molecule has 0 aromatic heterocycles. The van der Waals surface area contributed by atoms with Crippen LogP contribution in [0.4, 0.5) is 0 Å². The zero-order chi connectivity index (χ0) is 16.4. The van der Waals surface area contributed by atoms with E-state index in [0.717, 1.165) is 32.3 Å². The SMILES string of the molecule is CC1=C(C2=C(CCCO[Si](C)(C)C)C=CC2)c2ccccc2C1. The van der Waals surface area contributed by atoms with Crippen LogP contribution in [0.3, 0.4) is 0 Å². The highest BCUT2D eigenvalue weighted by atomic mass is 28.4. The van der Waals surface area contributed by atoms with Gasteiger partial charge in [-0.1, -0.05) is 42.0 Å². The Morgan fingerprint density at radius 3 is 2.70 bits per heavy atom. The van der Waals surface area contributed by atoms with Crippen molar-refractivity contribution in [2.45, 2.75) is 52.2 Å². The van der Waals surface area contributed by atoms with E-state index >= 15 is 0 Å². The van der Waals surface area contributed by atoms with E-state index in [4.69, 9.17) is 4.43 Å². The van der Waals surface area contributed by atoms with Gasteiger partial charge in [-0.05, 0) is 80.1 Å². The van der Waals surface area contributed by atoms with Gasteiger partial charge in [-0.2, -0.15) is 0 Å². The summed E-state index contributed by atoms with van der Waals surface area (Å²) in [5.74, 6) is 0. The number of fused-ring (bicyclic) bond motifs is 1. The molecule has 0 atom stereocenters. The summed E-state index contributed by atoms with van der Waals surface area (Å²) in [5.41, 5.74) is 9.07. The molecule has 0 N–H and O–H groups in total. The molecule has 122 valence electrons. The maximum absolute atomic E-state index is 6.01. The third kappa shape index (κ3) is 3.76. The van der Waals surface area contributed by atoms with Crippen LogP contribution >= 0.6 is 0 Å². The second-order valence-corrected chi connectivity index (χ2v) is 12.2. The van der Waals surface area contributed by atoms with Crippen molar-refractivity contribution in [1.82, 2.24) is 0 Å². The maximum Gasteiger partial charge on any atom is 0.183 e. The third-order valence-corrected chi connectivity index (χ3v) is 5.70. The number of allylic oxidation sites excluding steroid dienone is 6. The van der Waals surface area contributed by atoms with E-state index in [1.165, 1.54) is 27.8 Å². The Hall–Kier alpha value is -1.38. The zero-order valence-electron chi connectivity index (χ0n) is 14.9. The largest absolute Gasteiger partial charge is 0.418 e. The summed E-state index contributed by atoms with van der Waals surface area (Å²) in [5, 5.41) is 0. The molecule has 0 aliphatic heterocycles. The van der Waals surface area contributed by atoms with E-state index in [1.54, 1.807) is 5.57 Å². The second-order valence-electron chi connectivity index (χ2n) is 7.66. The first-order chi connectivity index (χ1) is 11.0. The molecule has 1 nitrogen and oxygen atoms in total. The molecule has 0 saturated carbocycles. The molecule has 2 aliphatic rings. The molecule has 1 aromatic carbocycles. The van der Waals surface area contributed by atoms with Crippen molar-refractivity contribution in [3.63, 3.8) is 0 Å². The monoisotopic (exact) mass is 324 g/mol. The molecule has 0 saturated heterocycles. The molecule has 0 spiro atoms. The Morgan fingerprint density at radius 1 is 1.13 bits per heavy atom. The molecule has 2 heteroatoms. The van der Waals surface area contributed by atoms with Gasteiger partial charge in [0.15, 0.2) is 8.32 Å². The Labute approximate surface area is 141 Å². The van der Waals surface area contributed by atoms with Crippen LogP contribution < -0.4 is 0 Å². The van der Waals surface area contributed by atoms with Crippen molar-refractivity contribution in [3.05, 3.63) is 64.3 Å². The molecule has 0 amide bonds. The van der Waals surface area contributed by atoms with Gasteiger partial charge in [0.05, 0.1) is 0 Å². The highest BCUT2D eigenvalue weighted by Gasteiger charge is 2.24. The van der Waals surface area contributed by atoms with Crippen molar-refractivity contribution in [2.75, 3.05) is 6.61 Å². The van der Waals surface area contributed by atoms with Crippen molar-refractivity contribution in [2.24, 2.45) is 0 Å². The summed E-state index contributed by atoms with van der Waals surface area (Å²) in [6.45, 7) is 9.98. The van der Waals surface area contributed by atoms with Crippen LogP contribution in [0.25, 0.3) is 5.57 Å². The van der Waals surface area contributed by atoms with Gasteiger partial charge in [0.25, 0.3) is 0 Å². The molecular formula is C21H28OSi. The lowest BCUT2D eigenvalue weighted by molar-refractivity contribution is 0.305. The van der Waals surface area contributed by atoms with Crippen LogP contribution in [-0.2, 0) is 10.8 Å². The standard InChI is InChI=1S/C21H28OSi/c1-16-15-18-9-5-6-12-20(18)21(16)19-13-7-10-17(19)11-8-14-22-23(2,3)4/h5-7,9-10,12H,8,11,13-15H2,1-4H3. The third-order valence-electron chi connectivity index (χ3n) is 4.63. The molecule has 23 heavy (non-hydrogen) atoms. The first kappa shape index (κ1) is 16.5. The van der Waals surface area contributed by atoms with Crippen LogP contribution in [0.5, 0.6) is 0 Å². The van der Waals surface area contributed by atoms with Gasteiger partial charge in [-0.3, -0.25) is 0 Å². The Morgan fingerprint density at radius 2 is 1.91 bits per heavy atom. The Bertz CT molecular complexity index is 686. The van der Waals surface area contributed by atoms with E-state index in [1.807, 2.05) is 0 Å². The molecule has 0 fully saturated rings. The topological polar surface area (TPSA) is 9.23 Å². The van der Waals surface area contributed by atoms with Gasteiger partial charge in [0.2, 0.25) is 0 Å². The smallest absolute Gasteiger partial charge is 0.183 e. The minimum Gasteiger partial charge on any atom is -0.418 e. The van der Waals surface area contributed by atoms with Crippen LogP contribution in [0.2, 0.25) is 19.6 Å². The highest BCUT2D eigenvalue weighted by Crippen LogP contribution is 2.42. The lowest BCUT2D eigenvalue weighted by Crippen LogP contribution is -2.25. The summed E-state index contributed by atoms with van der Waals surface area (Å²) in [6, 6.07) is 8.89. The van der Waals surface area contributed by atoms with Crippen molar-refractivity contribution < 1.29 is 4.43 Å². The number of hydrogen-bond donors (Lipinski definition) is 0. The van der Waals surface area contributed by atoms with E-state index in [9.17, 15) is 0 Å². The van der Waals surface area contributed by atoms with Gasteiger partial charge in [0.1, 0.15) is 0 Å². The van der Waals surface area contributed by atoms with Crippen molar-refractivity contribution in [3.8, 4) is 0 Å². The number of hydrogen-bond acceptors (Lipinski definition) is 1. The first-order valence-corrected chi connectivity index (χ1v) is 12.2. The molecule has 3 rings (SSSR count). The van der Waals surface area contributed by atoms with Gasteiger partial charge >= 0.3 is 0 Å². The van der Waals surface area contributed by atoms with Crippen molar-refractivity contribution in [1.29, 1.82) is 0 Å². The van der Waals surface area contributed by atoms with Crippen LogP contribution in [0.1, 0.15) is 37.3 Å². The van der Waals surface area contributed by atoms with Gasteiger partial charge in [-0.15, -0.1) is 0 Å². The minimum absolute atomic E-state index is 0.898. The average Bonchev–Trinajstić information content (AvgIpc) is 3.05. The predicted octanol–water partition coefficient (Wildman–Crippen LogP) is 5.90. The normalized spacial score (nSPS) is 17.4. The van der Waals surface area contributed by atoms with E-state index < -0.39 is 8.32 Å². The van der Waals surface area contributed by atoms with E-state index in [0.29, 0.717) is 0 Å². The number of rotatable bonds is 6. The minimum atomic E-state index is -1.38. The van der Waals surface area contributed by atoms with Crippen LogP contribution in [0, 0.1) is 0 Å². The predicted molar refractivity (Wildman–Crippen MR) is 102 cm³/mol. The highest BCUT2D eigenvalue weighted by molar-refractivity contribution is 6.69. The molecule has 0 bridgehead atoms. The number of benzene rings is 1. The molecule has 2 aliphatic carbocycles. The van der Waals surface area contributed by atoms with E-state index in [-0.39, 0.29) is 0 Å². The molecular weight excluding hydrogens is 296 g/mol. The summed E-state index contributed by atoms with van der Waals surface area (Å²) < 4.78 is 6.01. The fourth-order valence-corrected chi connectivity index (χ4v) is 4.39. The Balaban J connectivity index is 1.75. The molecule has 0 unspecified atom stereocenters. The van der Waals surface area contributed by atoms with Gasteiger partial charge < -0.3 is 4.43 Å². The van der Waals surface area contributed by atoms with Crippen LogP contribution in [-0.4, -0.2) is 14.9 Å². The zero-order valence-corrected chi connectivity index (χ0v) is 15.9. The summed E-state index contributed by atoms with van der Waals surface area (Å²) in [7, 11) is -1.38. The quantitative estimate of drug-likeness (QED) is 0.467. The summed E-state index contributed by atoms with van der Waals surface area (Å²) in [4.78, 5) is 0. The second kappa shape index (κ2) is 6.62. The van der Waals surface area contributed by atoms with E-state index in [2.05, 4.69) is 63.0 Å². The Kier molecular flexibility index (Phi) is 4.74. The fourth-order valence-electron chi connectivity index (χ4n) is 3.63. The fraction of sp³-hybridized carbons (Fsp3) is 0.429. The molecule has 0 heterocycles. The lowest BCUT2D eigenvalue weighted by Gasteiger charge is -2.17. The molecule has 1 aromatic rings. The summed E-state index contributed by atoms with van der Waals surface area (Å²) >= 11 is 0. The molecule has 0 radical (unpaired) electrons. The van der Waals surface area contributed by atoms with Crippen molar-refractivity contribution >= 4 is 13.9 Å². The average molecular weight is 325 g/mol.